The van der Waals surface area contributed by atoms with Crippen molar-refractivity contribution >= 4 is 5.97 Å². The Hall–Kier alpha value is -1.39. The number of hydrogen-bond donors (Lipinski definition) is 2. The minimum Gasteiger partial charge on any atom is -0.460 e. The summed E-state index contributed by atoms with van der Waals surface area (Å²) in [7, 11) is 0. The highest BCUT2D eigenvalue weighted by Crippen LogP contribution is 2.29. The van der Waals surface area contributed by atoms with Crippen molar-refractivity contribution in [2.75, 3.05) is 0 Å². The number of aryl methyl sites for hydroxylation is 1. The maximum Gasteiger partial charge on any atom is 0.309 e. The first kappa shape index (κ1) is 19.7. The van der Waals surface area contributed by atoms with Gasteiger partial charge in [0.05, 0.1) is 18.6 Å². The number of aliphatic hydroxyl groups is 2. The van der Waals surface area contributed by atoms with Crippen LogP contribution in [0.1, 0.15) is 58.6 Å². The molecule has 2 N–H and O–H groups in total. The van der Waals surface area contributed by atoms with Gasteiger partial charge in [-0.3, -0.25) is 4.79 Å². The van der Waals surface area contributed by atoms with Crippen molar-refractivity contribution in [2.24, 2.45) is 5.92 Å². The van der Waals surface area contributed by atoms with Gasteiger partial charge in [-0.15, -0.1) is 0 Å². The Morgan fingerprint density at radius 3 is 2.22 bits per heavy atom. The van der Waals surface area contributed by atoms with Gasteiger partial charge in [0.2, 0.25) is 0 Å². The Morgan fingerprint density at radius 1 is 1.17 bits per heavy atom. The molecule has 0 aromatic heterocycles. The molecular formula is C19H30O4. The minimum absolute atomic E-state index is 0.0246. The van der Waals surface area contributed by atoms with Crippen LogP contribution in [0.4, 0.5) is 0 Å². The minimum atomic E-state index is -1.12. The van der Waals surface area contributed by atoms with Crippen molar-refractivity contribution in [3.05, 3.63) is 35.4 Å². The molecule has 1 rings (SSSR count). The van der Waals surface area contributed by atoms with Gasteiger partial charge >= 0.3 is 5.97 Å². The summed E-state index contributed by atoms with van der Waals surface area (Å²) in [5.74, 6) is -0.458. The molecule has 0 radical (unpaired) electrons. The van der Waals surface area contributed by atoms with Crippen molar-refractivity contribution in [3.8, 4) is 0 Å². The molecule has 0 aliphatic rings. The normalized spacial score (nSPS) is 14.6. The first-order valence-corrected chi connectivity index (χ1v) is 8.19. The van der Waals surface area contributed by atoms with Gasteiger partial charge in [0.15, 0.2) is 0 Å². The summed E-state index contributed by atoms with van der Waals surface area (Å²) in [5.41, 5.74) is 0.178. The summed E-state index contributed by atoms with van der Waals surface area (Å²) in [6, 6.07) is 7.61. The molecule has 0 aliphatic carbocycles. The molecule has 1 aromatic rings. The van der Waals surface area contributed by atoms with E-state index in [0.717, 1.165) is 11.1 Å². The van der Waals surface area contributed by atoms with E-state index in [9.17, 15) is 15.0 Å². The van der Waals surface area contributed by atoms with E-state index < -0.39 is 11.2 Å². The van der Waals surface area contributed by atoms with Gasteiger partial charge in [-0.25, -0.2) is 0 Å². The molecule has 0 fully saturated rings. The van der Waals surface area contributed by atoms with Crippen LogP contribution in [0, 0.1) is 5.92 Å². The number of aliphatic hydroxyl groups excluding tert-OH is 1. The Morgan fingerprint density at radius 2 is 1.74 bits per heavy atom. The van der Waals surface area contributed by atoms with Crippen molar-refractivity contribution in [1.29, 1.82) is 0 Å². The molecule has 4 heteroatoms. The fourth-order valence-corrected chi connectivity index (χ4v) is 2.52. The van der Waals surface area contributed by atoms with Crippen LogP contribution in [-0.4, -0.2) is 27.4 Å². The number of carbonyl (C=O) groups is 1. The number of esters is 1. The lowest BCUT2D eigenvalue weighted by Crippen LogP contribution is -2.40. The smallest absolute Gasteiger partial charge is 0.309 e. The van der Waals surface area contributed by atoms with Crippen molar-refractivity contribution in [2.45, 2.75) is 71.7 Å². The van der Waals surface area contributed by atoms with E-state index in [0.29, 0.717) is 12.8 Å². The van der Waals surface area contributed by atoms with Crippen molar-refractivity contribution < 1.29 is 19.7 Å². The zero-order valence-corrected chi connectivity index (χ0v) is 14.9. The SMILES string of the molecule is CC(C)C(O)(CCc1ccccc1CO)CC(=O)OC(C)(C)C. The number of ether oxygens (including phenoxy) is 1. The first-order valence-electron chi connectivity index (χ1n) is 8.19. The summed E-state index contributed by atoms with van der Waals surface area (Å²) in [5, 5.41) is 20.3. The summed E-state index contributed by atoms with van der Waals surface area (Å²) >= 11 is 0. The van der Waals surface area contributed by atoms with Crippen LogP contribution in [0.3, 0.4) is 0 Å². The van der Waals surface area contributed by atoms with Gasteiger partial charge in [-0.05, 0) is 50.7 Å². The van der Waals surface area contributed by atoms with Gasteiger partial charge in [-0.1, -0.05) is 38.1 Å². The molecule has 0 heterocycles. The second-order valence-corrected chi connectivity index (χ2v) is 7.45. The fraction of sp³-hybridized carbons (Fsp3) is 0.632. The molecular weight excluding hydrogens is 292 g/mol. The zero-order chi connectivity index (χ0) is 17.7. The van der Waals surface area contributed by atoms with E-state index in [4.69, 9.17) is 4.74 Å². The molecule has 1 unspecified atom stereocenters. The molecule has 1 aromatic carbocycles. The van der Waals surface area contributed by atoms with Crippen LogP contribution in [0.5, 0.6) is 0 Å². The highest BCUT2D eigenvalue weighted by molar-refractivity contribution is 5.71. The Labute approximate surface area is 139 Å². The Kier molecular flexibility index (Phi) is 6.78. The molecule has 0 saturated heterocycles. The van der Waals surface area contributed by atoms with Gasteiger partial charge < -0.3 is 14.9 Å². The summed E-state index contributed by atoms with van der Waals surface area (Å²) in [6.07, 6.45) is 1.03. The van der Waals surface area contributed by atoms with Crippen LogP contribution >= 0.6 is 0 Å². The maximum absolute atomic E-state index is 12.1. The van der Waals surface area contributed by atoms with Crippen molar-refractivity contribution in [1.82, 2.24) is 0 Å². The molecule has 1 atom stereocenters. The molecule has 0 amide bonds. The topological polar surface area (TPSA) is 66.8 Å². The zero-order valence-electron chi connectivity index (χ0n) is 14.9. The van der Waals surface area contributed by atoms with Gasteiger partial charge in [0.25, 0.3) is 0 Å². The lowest BCUT2D eigenvalue weighted by Gasteiger charge is -2.33. The van der Waals surface area contributed by atoms with Crippen LogP contribution in [0.2, 0.25) is 0 Å². The molecule has 0 aliphatic heterocycles. The first-order chi connectivity index (χ1) is 10.6. The predicted molar refractivity (Wildman–Crippen MR) is 90.9 cm³/mol. The number of rotatable bonds is 7. The quantitative estimate of drug-likeness (QED) is 0.756. The number of hydrogen-bond acceptors (Lipinski definition) is 4. The maximum atomic E-state index is 12.1. The third-order valence-electron chi connectivity index (χ3n) is 4.06. The molecule has 0 bridgehead atoms. The van der Waals surface area contributed by atoms with E-state index in [-0.39, 0.29) is 24.9 Å². The van der Waals surface area contributed by atoms with Crippen LogP contribution in [-0.2, 0) is 22.6 Å². The summed E-state index contributed by atoms with van der Waals surface area (Å²) in [6.45, 7) is 9.23. The molecule has 0 saturated carbocycles. The Bertz CT molecular complexity index is 516. The average Bonchev–Trinajstić information content (AvgIpc) is 2.43. The van der Waals surface area contributed by atoms with Crippen LogP contribution in [0.15, 0.2) is 24.3 Å². The highest BCUT2D eigenvalue weighted by atomic mass is 16.6. The van der Waals surface area contributed by atoms with Gasteiger partial charge in [0.1, 0.15) is 5.60 Å². The van der Waals surface area contributed by atoms with Crippen LogP contribution in [0.25, 0.3) is 0 Å². The van der Waals surface area contributed by atoms with E-state index in [1.807, 2.05) is 58.9 Å². The van der Waals surface area contributed by atoms with E-state index in [1.54, 1.807) is 0 Å². The third kappa shape index (κ3) is 6.32. The monoisotopic (exact) mass is 322 g/mol. The second kappa shape index (κ2) is 7.93. The van der Waals surface area contributed by atoms with E-state index in [1.165, 1.54) is 0 Å². The number of benzene rings is 1. The van der Waals surface area contributed by atoms with E-state index in [2.05, 4.69) is 0 Å². The lowest BCUT2D eigenvalue weighted by atomic mass is 9.81. The van der Waals surface area contributed by atoms with Crippen molar-refractivity contribution in [3.63, 3.8) is 0 Å². The lowest BCUT2D eigenvalue weighted by molar-refractivity contribution is -0.162. The molecule has 4 nitrogen and oxygen atoms in total. The standard InChI is InChI=1S/C19H30O4/c1-14(2)19(22,12-17(21)23-18(3,4)5)11-10-15-8-6-7-9-16(15)13-20/h6-9,14,20,22H,10-13H2,1-5H3. The second-order valence-electron chi connectivity index (χ2n) is 7.45. The van der Waals surface area contributed by atoms with Gasteiger partial charge in [0, 0.05) is 0 Å². The molecule has 130 valence electrons. The van der Waals surface area contributed by atoms with Gasteiger partial charge in [-0.2, -0.15) is 0 Å². The molecule has 23 heavy (non-hydrogen) atoms. The summed E-state index contributed by atoms with van der Waals surface area (Å²) in [4.78, 5) is 12.1. The molecule has 0 spiro atoms. The predicted octanol–water partition coefficient (Wildman–Crippen LogP) is 3.23. The third-order valence-corrected chi connectivity index (χ3v) is 4.06. The van der Waals surface area contributed by atoms with Crippen LogP contribution < -0.4 is 0 Å². The Balaban J connectivity index is 2.79. The van der Waals surface area contributed by atoms with E-state index >= 15 is 0 Å². The largest absolute Gasteiger partial charge is 0.460 e. The average molecular weight is 322 g/mol. The summed E-state index contributed by atoms with van der Waals surface area (Å²) < 4.78 is 5.34. The number of carbonyl (C=O) groups excluding carboxylic acids is 1. The highest BCUT2D eigenvalue weighted by Gasteiger charge is 2.35. The fourth-order valence-electron chi connectivity index (χ4n) is 2.52.